The molecule has 3 heteroatoms. The summed E-state index contributed by atoms with van der Waals surface area (Å²) >= 11 is 0. The predicted molar refractivity (Wildman–Crippen MR) is 60.5 cm³/mol. The summed E-state index contributed by atoms with van der Waals surface area (Å²) in [5.74, 6) is 0. The number of fused-ring (bicyclic) bond motifs is 3. The molecule has 0 unspecified atom stereocenters. The smallest absolute Gasteiger partial charge is 1.00 e. The van der Waals surface area contributed by atoms with Gasteiger partial charge in [-0.05, 0) is 10.8 Å². The van der Waals surface area contributed by atoms with E-state index in [4.69, 9.17) is 0 Å². The Kier molecular flexibility index (Phi) is 4.02. The number of para-hydroxylation sites is 2. The fourth-order valence-electron chi connectivity index (χ4n) is 1.73. The van der Waals surface area contributed by atoms with Crippen molar-refractivity contribution in [3.63, 3.8) is 0 Å². The molecule has 0 amide bonds. The normalized spacial score (nSPS) is 9.60. The van der Waals surface area contributed by atoms with Crippen LogP contribution in [0.25, 0.3) is 21.8 Å². The van der Waals surface area contributed by atoms with Crippen LogP contribution in [-0.2, 0) is 0 Å². The minimum Gasteiger partial charge on any atom is -1.00 e. The van der Waals surface area contributed by atoms with Crippen molar-refractivity contribution in [2.75, 3.05) is 0 Å². The average Bonchev–Trinajstić information content (AvgIpc) is 2.56. The summed E-state index contributed by atoms with van der Waals surface area (Å²) in [6, 6.07) is 16.5. The number of halogens is 1. The summed E-state index contributed by atoms with van der Waals surface area (Å²) < 4.78 is 0. The van der Waals surface area contributed by atoms with Crippen molar-refractivity contribution in [2.24, 2.45) is 0 Å². The summed E-state index contributed by atoms with van der Waals surface area (Å²) in [6.07, 6.45) is 0. The Morgan fingerprint density at radius 1 is 0.667 bits per heavy atom. The largest absolute Gasteiger partial charge is 2.00 e. The van der Waals surface area contributed by atoms with E-state index in [-0.39, 0.29) is 35.5 Å². The van der Waals surface area contributed by atoms with Gasteiger partial charge in [0.2, 0.25) is 0 Å². The zero-order chi connectivity index (χ0) is 8.67. The van der Waals surface area contributed by atoms with Crippen LogP contribution in [-0.4, -0.2) is 23.1 Å². The maximum Gasteiger partial charge on any atom is 2.00 e. The molecule has 3 rings (SSSR count). The molecule has 15 heavy (non-hydrogen) atoms. The standard InChI is InChI=1S/C12H8N.ClH.Mg/c1-3-7-11-9(5-1)10-6-2-4-8-12(10)13-11;;/h1-8H;1H;/q-1;;+2/p-1. The maximum atomic E-state index is 4.52. The van der Waals surface area contributed by atoms with Crippen LogP contribution in [0.3, 0.4) is 0 Å². The number of hydrogen-bond acceptors (Lipinski definition) is 0. The first-order chi connectivity index (χ1) is 6.45. The third-order valence-corrected chi connectivity index (χ3v) is 2.34. The van der Waals surface area contributed by atoms with Crippen molar-refractivity contribution >= 4 is 44.9 Å². The molecule has 0 aliphatic rings. The molecule has 0 aliphatic carbocycles. The number of aromatic nitrogens is 1. The van der Waals surface area contributed by atoms with E-state index >= 15 is 0 Å². The number of rotatable bonds is 0. The molecule has 2 aromatic carbocycles. The Morgan fingerprint density at radius 2 is 1.07 bits per heavy atom. The molecule has 0 radical (unpaired) electrons. The molecule has 0 saturated carbocycles. The monoisotopic (exact) mass is 225 g/mol. The zero-order valence-corrected chi connectivity index (χ0v) is 10.3. The molecule has 0 bridgehead atoms. The van der Waals surface area contributed by atoms with Crippen molar-refractivity contribution in [1.82, 2.24) is 4.98 Å². The average molecular weight is 226 g/mol. The molecule has 3 aromatic rings. The molecular weight excluding hydrogens is 218 g/mol. The first kappa shape index (κ1) is 12.4. The van der Waals surface area contributed by atoms with Gasteiger partial charge in [-0.15, -0.1) is 11.0 Å². The molecule has 70 valence electrons. The zero-order valence-electron chi connectivity index (χ0n) is 8.15. The summed E-state index contributed by atoms with van der Waals surface area (Å²) in [7, 11) is 0. The minimum atomic E-state index is 0. The van der Waals surface area contributed by atoms with Crippen LogP contribution in [0.4, 0.5) is 0 Å². The second-order valence-electron chi connectivity index (χ2n) is 3.15. The van der Waals surface area contributed by atoms with Crippen molar-refractivity contribution in [1.29, 1.82) is 0 Å². The Hall–Kier alpha value is -0.704. The van der Waals surface area contributed by atoms with Gasteiger partial charge in [-0.1, -0.05) is 48.5 Å². The minimum absolute atomic E-state index is 0. The third kappa shape index (κ3) is 1.98. The van der Waals surface area contributed by atoms with Gasteiger partial charge in [-0.3, -0.25) is 0 Å². The van der Waals surface area contributed by atoms with Gasteiger partial charge in [-0.25, -0.2) is 0 Å². The molecule has 0 atom stereocenters. The first-order valence-corrected chi connectivity index (χ1v) is 4.35. The SMILES string of the molecule is [Cl-].[Mg+2].c1ccc2c(c1)[n-]c1ccccc12. The predicted octanol–water partition coefficient (Wildman–Crippen LogP) is -0.427. The van der Waals surface area contributed by atoms with Gasteiger partial charge >= 0.3 is 23.1 Å². The molecular formula is C12H8ClMgN. The summed E-state index contributed by atoms with van der Waals surface area (Å²) in [4.78, 5) is 4.52. The van der Waals surface area contributed by atoms with Gasteiger partial charge in [0.05, 0.1) is 0 Å². The molecule has 0 saturated heterocycles. The van der Waals surface area contributed by atoms with Crippen LogP contribution in [0.15, 0.2) is 48.5 Å². The molecule has 0 fully saturated rings. The Bertz CT molecular complexity index is 523. The van der Waals surface area contributed by atoms with Crippen LogP contribution in [0, 0.1) is 0 Å². The molecule has 1 heterocycles. The third-order valence-electron chi connectivity index (χ3n) is 2.34. The fraction of sp³-hybridized carbons (Fsp3) is 0. The van der Waals surface area contributed by atoms with Crippen molar-refractivity contribution in [3.8, 4) is 0 Å². The molecule has 1 aromatic heterocycles. The fourth-order valence-corrected chi connectivity index (χ4v) is 1.73. The summed E-state index contributed by atoms with van der Waals surface area (Å²) in [6.45, 7) is 0. The van der Waals surface area contributed by atoms with E-state index in [2.05, 4.69) is 41.4 Å². The quantitative estimate of drug-likeness (QED) is 0.474. The van der Waals surface area contributed by atoms with Gasteiger partial charge < -0.3 is 17.4 Å². The van der Waals surface area contributed by atoms with Crippen molar-refractivity contribution < 1.29 is 12.4 Å². The van der Waals surface area contributed by atoms with Gasteiger partial charge in [0, 0.05) is 0 Å². The van der Waals surface area contributed by atoms with Gasteiger partial charge in [-0.2, -0.15) is 0 Å². The van der Waals surface area contributed by atoms with Crippen LogP contribution in [0.1, 0.15) is 0 Å². The van der Waals surface area contributed by atoms with Crippen LogP contribution in [0.2, 0.25) is 0 Å². The topological polar surface area (TPSA) is 14.1 Å². The van der Waals surface area contributed by atoms with Crippen molar-refractivity contribution in [2.45, 2.75) is 0 Å². The van der Waals surface area contributed by atoms with Crippen LogP contribution >= 0.6 is 0 Å². The Labute approximate surface area is 110 Å². The Balaban J connectivity index is 0.000000562. The summed E-state index contributed by atoms with van der Waals surface area (Å²) in [5, 5.41) is 2.50. The van der Waals surface area contributed by atoms with Gasteiger partial charge in [0.25, 0.3) is 0 Å². The van der Waals surface area contributed by atoms with Crippen LogP contribution < -0.4 is 17.4 Å². The van der Waals surface area contributed by atoms with Crippen LogP contribution in [0.5, 0.6) is 0 Å². The molecule has 0 aliphatic heterocycles. The second-order valence-corrected chi connectivity index (χ2v) is 3.15. The molecule has 0 N–H and O–H groups in total. The molecule has 0 spiro atoms. The summed E-state index contributed by atoms with van der Waals surface area (Å²) in [5.41, 5.74) is 2.17. The number of benzene rings is 2. The van der Waals surface area contributed by atoms with E-state index < -0.39 is 0 Å². The maximum absolute atomic E-state index is 4.52. The van der Waals surface area contributed by atoms with E-state index in [0.29, 0.717) is 0 Å². The van der Waals surface area contributed by atoms with Gasteiger partial charge in [0.1, 0.15) is 0 Å². The Morgan fingerprint density at radius 3 is 1.53 bits per heavy atom. The second kappa shape index (κ2) is 4.88. The molecule has 1 nitrogen and oxygen atoms in total. The van der Waals surface area contributed by atoms with E-state index in [1.54, 1.807) is 0 Å². The van der Waals surface area contributed by atoms with Crippen molar-refractivity contribution in [3.05, 3.63) is 48.5 Å². The number of hydrogen-bond donors (Lipinski definition) is 0. The van der Waals surface area contributed by atoms with E-state index in [1.165, 1.54) is 10.8 Å². The number of nitrogens with zero attached hydrogens (tertiary/aromatic N) is 1. The first-order valence-electron chi connectivity index (χ1n) is 4.35. The van der Waals surface area contributed by atoms with E-state index in [9.17, 15) is 0 Å². The van der Waals surface area contributed by atoms with Gasteiger partial charge in [0.15, 0.2) is 0 Å². The van der Waals surface area contributed by atoms with E-state index in [0.717, 1.165) is 11.0 Å². The van der Waals surface area contributed by atoms with E-state index in [1.807, 2.05) is 12.1 Å².